The fourth-order valence-electron chi connectivity index (χ4n) is 2.01. The number of nitrogens with zero attached hydrogens (tertiary/aromatic N) is 2. The zero-order valence-electron chi connectivity index (χ0n) is 11.6. The Balaban J connectivity index is 1.70. The van der Waals surface area contributed by atoms with Crippen molar-refractivity contribution >= 4 is 15.9 Å². The molecule has 0 aliphatic heterocycles. The van der Waals surface area contributed by atoms with Gasteiger partial charge in [-0.15, -0.1) is 0 Å². The first-order valence-corrected chi connectivity index (χ1v) is 7.19. The summed E-state index contributed by atoms with van der Waals surface area (Å²) in [6, 6.07) is 9.56. The maximum absolute atomic E-state index is 5.67. The van der Waals surface area contributed by atoms with Crippen LogP contribution in [-0.2, 0) is 6.61 Å². The van der Waals surface area contributed by atoms with E-state index in [2.05, 4.69) is 32.1 Å². The lowest BCUT2D eigenvalue weighted by Gasteiger charge is -2.05. The molecule has 6 heteroatoms. The van der Waals surface area contributed by atoms with Crippen LogP contribution in [0.15, 0.2) is 43.9 Å². The number of furan rings is 1. The van der Waals surface area contributed by atoms with Crippen molar-refractivity contribution in [3.63, 3.8) is 0 Å². The molecule has 21 heavy (non-hydrogen) atoms. The molecule has 0 fully saturated rings. The Labute approximate surface area is 130 Å². The molecular formula is C15H13BrN2O3. The second kappa shape index (κ2) is 5.73. The lowest BCUT2D eigenvalue weighted by Crippen LogP contribution is -1.96. The van der Waals surface area contributed by atoms with Gasteiger partial charge in [-0.25, -0.2) is 0 Å². The minimum atomic E-state index is 0.220. The SMILES string of the molecule is Cc1cc(C)cc(OCc2nc(-c3ccc(Br)o3)no2)c1. The predicted octanol–water partition coefficient (Wildman–Crippen LogP) is 4.29. The van der Waals surface area contributed by atoms with Crippen molar-refractivity contribution in [2.45, 2.75) is 20.5 Å². The molecule has 0 aliphatic carbocycles. The monoisotopic (exact) mass is 348 g/mol. The number of rotatable bonds is 4. The average Bonchev–Trinajstić information content (AvgIpc) is 3.04. The molecule has 0 spiro atoms. The minimum Gasteiger partial charge on any atom is -0.484 e. The third-order valence-corrected chi connectivity index (χ3v) is 3.25. The third-order valence-electron chi connectivity index (χ3n) is 2.82. The van der Waals surface area contributed by atoms with Crippen LogP contribution in [0.4, 0.5) is 0 Å². The van der Waals surface area contributed by atoms with Gasteiger partial charge in [-0.2, -0.15) is 4.98 Å². The first-order valence-electron chi connectivity index (χ1n) is 6.39. The summed E-state index contributed by atoms with van der Waals surface area (Å²) < 4.78 is 16.8. The molecule has 0 atom stereocenters. The van der Waals surface area contributed by atoms with Crippen LogP contribution >= 0.6 is 15.9 Å². The van der Waals surface area contributed by atoms with Crippen LogP contribution in [0.5, 0.6) is 5.75 Å². The molecule has 0 radical (unpaired) electrons. The van der Waals surface area contributed by atoms with Gasteiger partial charge >= 0.3 is 0 Å². The van der Waals surface area contributed by atoms with Gasteiger partial charge in [0.2, 0.25) is 5.82 Å². The first-order chi connectivity index (χ1) is 10.1. The smallest absolute Gasteiger partial charge is 0.264 e. The Bertz CT molecular complexity index is 744. The maximum Gasteiger partial charge on any atom is 0.264 e. The molecule has 0 aliphatic rings. The zero-order chi connectivity index (χ0) is 14.8. The van der Waals surface area contributed by atoms with E-state index >= 15 is 0 Å². The standard InChI is InChI=1S/C15H13BrN2O3/c1-9-5-10(2)7-11(6-9)19-8-14-17-15(18-21-14)12-3-4-13(16)20-12/h3-7H,8H2,1-2H3. The molecule has 0 N–H and O–H groups in total. The van der Waals surface area contributed by atoms with Crippen molar-refractivity contribution in [2.24, 2.45) is 0 Å². The van der Waals surface area contributed by atoms with E-state index in [-0.39, 0.29) is 6.61 Å². The summed E-state index contributed by atoms with van der Waals surface area (Å²) in [4.78, 5) is 4.24. The van der Waals surface area contributed by atoms with Crippen molar-refractivity contribution in [1.29, 1.82) is 0 Å². The average molecular weight is 349 g/mol. The lowest BCUT2D eigenvalue weighted by atomic mass is 10.1. The zero-order valence-corrected chi connectivity index (χ0v) is 13.2. The van der Waals surface area contributed by atoms with Crippen LogP contribution in [0.1, 0.15) is 17.0 Å². The summed E-state index contributed by atoms with van der Waals surface area (Å²) >= 11 is 3.23. The fraction of sp³-hybridized carbons (Fsp3) is 0.200. The number of halogens is 1. The van der Waals surface area contributed by atoms with Crippen molar-refractivity contribution < 1.29 is 13.7 Å². The lowest BCUT2D eigenvalue weighted by molar-refractivity contribution is 0.242. The number of ether oxygens (including phenoxy) is 1. The Kier molecular flexibility index (Phi) is 3.79. The molecule has 0 amide bonds. The molecule has 0 unspecified atom stereocenters. The Hall–Kier alpha value is -2.08. The third kappa shape index (κ3) is 3.33. The Morgan fingerprint density at radius 1 is 1.14 bits per heavy atom. The number of aromatic nitrogens is 2. The van der Waals surface area contributed by atoms with Gasteiger partial charge in [0.25, 0.3) is 5.89 Å². The van der Waals surface area contributed by atoms with Crippen molar-refractivity contribution in [2.75, 3.05) is 0 Å². The highest BCUT2D eigenvalue weighted by Gasteiger charge is 2.12. The van der Waals surface area contributed by atoms with Crippen LogP contribution in [0.3, 0.4) is 0 Å². The molecule has 0 bridgehead atoms. The largest absolute Gasteiger partial charge is 0.484 e. The van der Waals surface area contributed by atoms with Crippen molar-refractivity contribution in [1.82, 2.24) is 10.1 Å². The molecule has 3 rings (SSSR count). The van der Waals surface area contributed by atoms with Crippen LogP contribution in [0.25, 0.3) is 11.6 Å². The van der Waals surface area contributed by atoms with E-state index in [4.69, 9.17) is 13.7 Å². The number of benzene rings is 1. The second-order valence-corrected chi connectivity index (χ2v) is 5.51. The Morgan fingerprint density at radius 3 is 2.57 bits per heavy atom. The van der Waals surface area contributed by atoms with Gasteiger partial charge in [-0.05, 0) is 65.2 Å². The van der Waals surface area contributed by atoms with E-state index in [1.165, 1.54) is 0 Å². The molecule has 1 aromatic carbocycles. The van der Waals surface area contributed by atoms with Crippen LogP contribution in [-0.4, -0.2) is 10.1 Å². The highest BCUT2D eigenvalue weighted by Crippen LogP contribution is 2.23. The van der Waals surface area contributed by atoms with E-state index in [0.717, 1.165) is 16.9 Å². The van der Waals surface area contributed by atoms with Gasteiger partial charge in [0.1, 0.15) is 5.75 Å². The van der Waals surface area contributed by atoms with E-state index in [0.29, 0.717) is 22.1 Å². The second-order valence-electron chi connectivity index (χ2n) is 4.73. The quantitative estimate of drug-likeness (QED) is 0.703. The van der Waals surface area contributed by atoms with Gasteiger partial charge < -0.3 is 13.7 Å². The van der Waals surface area contributed by atoms with Gasteiger partial charge in [-0.1, -0.05) is 11.2 Å². The first kappa shape index (κ1) is 13.9. The van der Waals surface area contributed by atoms with Crippen LogP contribution in [0.2, 0.25) is 0 Å². The van der Waals surface area contributed by atoms with E-state index in [9.17, 15) is 0 Å². The molecule has 2 aromatic heterocycles. The van der Waals surface area contributed by atoms with Crippen molar-refractivity contribution in [3.8, 4) is 17.3 Å². The number of hydrogen-bond acceptors (Lipinski definition) is 5. The normalized spacial score (nSPS) is 10.8. The van der Waals surface area contributed by atoms with Crippen molar-refractivity contribution in [3.05, 3.63) is 52.0 Å². The maximum atomic E-state index is 5.67. The Morgan fingerprint density at radius 2 is 1.90 bits per heavy atom. The van der Waals surface area contributed by atoms with Gasteiger partial charge in [-0.3, -0.25) is 0 Å². The summed E-state index contributed by atoms with van der Waals surface area (Å²) in [6.07, 6.45) is 0. The molecule has 108 valence electrons. The summed E-state index contributed by atoms with van der Waals surface area (Å²) in [6.45, 7) is 4.27. The van der Waals surface area contributed by atoms with Crippen LogP contribution < -0.4 is 4.74 Å². The molecule has 0 saturated heterocycles. The number of aryl methyl sites for hydroxylation is 2. The number of hydrogen-bond donors (Lipinski definition) is 0. The highest BCUT2D eigenvalue weighted by atomic mass is 79.9. The van der Waals surface area contributed by atoms with Gasteiger partial charge in [0.15, 0.2) is 17.0 Å². The van der Waals surface area contributed by atoms with E-state index in [1.54, 1.807) is 12.1 Å². The molecular weight excluding hydrogens is 336 g/mol. The molecule has 0 saturated carbocycles. The highest BCUT2D eigenvalue weighted by molar-refractivity contribution is 9.10. The summed E-state index contributed by atoms with van der Waals surface area (Å²) in [7, 11) is 0. The van der Waals surface area contributed by atoms with Crippen LogP contribution in [0, 0.1) is 13.8 Å². The topological polar surface area (TPSA) is 61.3 Å². The summed E-state index contributed by atoms with van der Waals surface area (Å²) in [5, 5.41) is 3.87. The summed E-state index contributed by atoms with van der Waals surface area (Å²) in [5.41, 5.74) is 2.30. The summed E-state index contributed by atoms with van der Waals surface area (Å²) in [5.74, 6) is 2.13. The fourth-order valence-corrected chi connectivity index (χ4v) is 2.32. The van der Waals surface area contributed by atoms with Gasteiger partial charge in [0.05, 0.1) is 0 Å². The minimum absolute atomic E-state index is 0.220. The van der Waals surface area contributed by atoms with Gasteiger partial charge in [0, 0.05) is 0 Å². The molecule has 3 aromatic rings. The van der Waals surface area contributed by atoms with E-state index < -0.39 is 0 Å². The predicted molar refractivity (Wildman–Crippen MR) is 79.9 cm³/mol. The molecule has 2 heterocycles. The van der Waals surface area contributed by atoms with E-state index in [1.807, 2.05) is 26.0 Å². The molecule has 5 nitrogen and oxygen atoms in total.